The Kier molecular flexibility index (Phi) is 4.52. The molecule has 0 atom stereocenters. The van der Waals surface area contributed by atoms with Crippen molar-refractivity contribution < 1.29 is 9.21 Å². The van der Waals surface area contributed by atoms with Crippen LogP contribution in [0.2, 0.25) is 0 Å². The van der Waals surface area contributed by atoms with Gasteiger partial charge in [0.2, 0.25) is 5.89 Å². The van der Waals surface area contributed by atoms with E-state index in [1.54, 1.807) is 6.92 Å². The predicted octanol–water partition coefficient (Wildman–Crippen LogP) is 1.16. The molecule has 1 aromatic heterocycles. The van der Waals surface area contributed by atoms with Crippen LogP contribution in [-0.2, 0) is 0 Å². The molecule has 0 unspecified atom stereocenters. The van der Waals surface area contributed by atoms with Crippen molar-refractivity contribution in [3.8, 4) is 11.8 Å². The summed E-state index contributed by atoms with van der Waals surface area (Å²) in [4.78, 5) is 11.4. The minimum Gasteiger partial charge on any atom is -0.417 e. The van der Waals surface area contributed by atoms with Crippen molar-refractivity contribution in [2.45, 2.75) is 27.2 Å². The molecule has 0 radical (unpaired) electrons. The van der Waals surface area contributed by atoms with E-state index in [0.29, 0.717) is 18.4 Å². The summed E-state index contributed by atoms with van der Waals surface area (Å²) in [5, 5.41) is 9.73. The molecule has 1 aromatic rings. The Morgan fingerprint density at radius 1 is 1.44 bits per heavy atom. The third kappa shape index (κ3) is 4.13. The molecular weight excluding hydrogens is 206 g/mol. The van der Waals surface area contributed by atoms with Gasteiger partial charge in [-0.15, -0.1) is 16.1 Å². The molecule has 0 aliphatic carbocycles. The maximum Gasteiger partial charge on any atom is 0.309 e. The molecule has 0 fully saturated rings. The van der Waals surface area contributed by atoms with Gasteiger partial charge in [0, 0.05) is 13.3 Å². The van der Waals surface area contributed by atoms with Gasteiger partial charge in [0.25, 0.3) is 0 Å². The van der Waals surface area contributed by atoms with Crippen LogP contribution in [0.4, 0.5) is 0 Å². The van der Waals surface area contributed by atoms with Crippen LogP contribution >= 0.6 is 0 Å². The fourth-order valence-electron chi connectivity index (χ4n) is 0.927. The molecule has 1 amide bonds. The highest BCUT2D eigenvalue weighted by Gasteiger charge is 2.11. The highest BCUT2D eigenvalue weighted by atomic mass is 16.4. The number of carbonyl (C=O) groups excluding carboxylic acids is 1. The summed E-state index contributed by atoms with van der Waals surface area (Å²) in [5.41, 5.74) is 0. The molecule has 16 heavy (non-hydrogen) atoms. The van der Waals surface area contributed by atoms with Gasteiger partial charge in [-0.2, -0.15) is 0 Å². The Labute approximate surface area is 94.6 Å². The number of hydrogen-bond donors (Lipinski definition) is 1. The molecule has 86 valence electrons. The quantitative estimate of drug-likeness (QED) is 0.777. The van der Waals surface area contributed by atoms with Crippen LogP contribution in [0.15, 0.2) is 4.42 Å². The van der Waals surface area contributed by atoms with Gasteiger partial charge < -0.3 is 9.73 Å². The first-order valence-corrected chi connectivity index (χ1v) is 5.13. The van der Waals surface area contributed by atoms with E-state index in [4.69, 9.17) is 4.42 Å². The van der Waals surface area contributed by atoms with Crippen molar-refractivity contribution in [2.75, 3.05) is 6.54 Å². The molecule has 0 saturated carbocycles. The van der Waals surface area contributed by atoms with Crippen molar-refractivity contribution in [3.63, 3.8) is 0 Å². The number of rotatable bonds is 3. The average molecular weight is 221 g/mol. The second-order valence-electron chi connectivity index (χ2n) is 3.76. The van der Waals surface area contributed by atoms with Crippen LogP contribution in [0.1, 0.15) is 36.8 Å². The van der Waals surface area contributed by atoms with E-state index in [1.807, 2.05) is 0 Å². The first kappa shape index (κ1) is 12.2. The second-order valence-corrected chi connectivity index (χ2v) is 3.76. The minimum atomic E-state index is -0.389. The van der Waals surface area contributed by atoms with Crippen LogP contribution in [0.3, 0.4) is 0 Å². The lowest BCUT2D eigenvalue weighted by Gasteiger charge is -1.95. The predicted molar refractivity (Wildman–Crippen MR) is 58.6 cm³/mol. The van der Waals surface area contributed by atoms with E-state index in [2.05, 4.69) is 41.2 Å². The molecule has 5 heteroatoms. The molecular formula is C11H15N3O2. The molecule has 0 spiro atoms. The molecule has 0 bridgehead atoms. The number of aromatic nitrogens is 2. The normalized spacial score (nSPS) is 9.75. The van der Waals surface area contributed by atoms with Crippen LogP contribution in [0, 0.1) is 24.7 Å². The summed E-state index contributed by atoms with van der Waals surface area (Å²) in [6.45, 7) is 6.11. The summed E-state index contributed by atoms with van der Waals surface area (Å²) in [6, 6.07) is 0. The van der Waals surface area contributed by atoms with E-state index >= 15 is 0 Å². The van der Waals surface area contributed by atoms with E-state index in [9.17, 15) is 4.79 Å². The summed E-state index contributed by atoms with van der Waals surface area (Å²) in [6.07, 6.45) is 0.829. The first-order chi connectivity index (χ1) is 7.59. The molecule has 5 nitrogen and oxygen atoms in total. The Morgan fingerprint density at radius 3 is 2.75 bits per heavy atom. The first-order valence-electron chi connectivity index (χ1n) is 5.13. The van der Waals surface area contributed by atoms with Gasteiger partial charge in [-0.1, -0.05) is 19.8 Å². The number of carbonyl (C=O) groups is 1. The van der Waals surface area contributed by atoms with E-state index in [0.717, 1.165) is 6.42 Å². The van der Waals surface area contributed by atoms with Crippen molar-refractivity contribution in [2.24, 2.45) is 5.92 Å². The third-order valence-electron chi connectivity index (χ3n) is 1.69. The van der Waals surface area contributed by atoms with Gasteiger partial charge in [0.1, 0.15) is 0 Å². The Bertz CT molecular complexity index is 412. The number of hydrogen-bond acceptors (Lipinski definition) is 4. The van der Waals surface area contributed by atoms with Crippen LogP contribution < -0.4 is 5.32 Å². The summed E-state index contributed by atoms with van der Waals surface area (Å²) < 4.78 is 4.96. The maximum absolute atomic E-state index is 11.4. The van der Waals surface area contributed by atoms with E-state index < -0.39 is 0 Å². The monoisotopic (exact) mass is 221 g/mol. The Morgan fingerprint density at radius 2 is 2.19 bits per heavy atom. The fraction of sp³-hybridized carbons (Fsp3) is 0.545. The fourth-order valence-corrected chi connectivity index (χ4v) is 0.927. The molecule has 0 saturated heterocycles. The van der Waals surface area contributed by atoms with E-state index in [1.165, 1.54) is 0 Å². The minimum absolute atomic E-state index is 0.0249. The third-order valence-corrected chi connectivity index (χ3v) is 1.69. The number of nitrogens with zero attached hydrogens (tertiary/aromatic N) is 2. The van der Waals surface area contributed by atoms with Crippen molar-refractivity contribution >= 4 is 5.91 Å². The van der Waals surface area contributed by atoms with Gasteiger partial charge in [0.15, 0.2) is 0 Å². The number of aryl methyl sites for hydroxylation is 1. The zero-order valence-corrected chi connectivity index (χ0v) is 9.70. The van der Waals surface area contributed by atoms with Gasteiger partial charge in [0.05, 0.1) is 6.54 Å². The average Bonchev–Trinajstić information content (AvgIpc) is 2.63. The zero-order valence-electron chi connectivity index (χ0n) is 9.70. The van der Waals surface area contributed by atoms with Crippen molar-refractivity contribution in [1.29, 1.82) is 0 Å². The lowest BCUT2D eigenvalue weighted by atomic mass is 10.1. The standard InChI is InChI=1S/C11H15N3O2/c1-8(2)6-4-5-7-12-10(15)11-14-13-9(3)16-11/h8H,6-7H2,1-3H3,(H,12,15). The number of amides is 1. The lowest BCUT2D eigenvalue weighted by molar-refractivity contribution is 0.0923. The summed E-state index contributed by atoms with van der Waals surface area (Å²) in [5.74, 6) is 6.32. The maximum atomic E-state index is 11.4. The largest absolute Gasteiger partial charge is 0.417 e. The van der Waals surface area contributed by atoms with Crippen LogP contribution in [0.5, 0.6) is 0 Å². The number of nitrogens with one attached hydrogen (secondary N) is 1. The second kappa shape index (κ2) is 5.91. The molecule has 1 heterocycles. The molecule has 1 N–H and O–H groups in total. The van der Waals surface area contributed by atoms with Gasteiger partial charge >= 0.3 is 11.8 Å². The van der Waals surface area contributed by atoms with Gasteiger partial charge in [-0.25, -0.2) is 0 Å². The summed E-state index contributed by atoms with van der Waals surface area (Å²) in [7, 11) is 0. The summed E-state index contributed by atoms with van der Waals surface area (Å²) >= 11 is 0. The zero-order chi connectivity index (χ0) is 12.0. The Hall–Kier alpha value is -1.83. The molecule has 0 aliphatic heterocycles. The van der Waals surface area contributed by atoms with Crippen LogP contribution in [-0.4, -0.2) is 22.6 Å². The van der Waals surface area contributed by atoms with Crippen molar-refractivity contribution in [3.05, 3.63) is 11.8 Å². The van der Waals surface area contributed by atoms with Gasteiger partial charge in [-0.05, 0) is 5.92 Å². The lowest BCUT2D eigenvalue weighted by Crippen LogP contribution is -2.23. The molecule has 0 aromatic carbocycles. The highest BCUT2D eigenvalue weighted by Crippen LogP contribution is 1.97. The van der Waals surface area contributed by atoms with Crippen molar-refractivity contribution in [1.82, 2.24) is 15.5 Å². The highest BCUT2D eigenvalue weighted by molar-refractivity contribution is 5.89. The Balaban J connectivity index is 2.33. The topological polar surface area (TPSA) is 68.0 Å². The van der Waals surface area contributed by atoms with Gasteiger partial charge in [-0.3, -0.25) is 4.79 Å². The molecule has 1 rings (SSSR count). The molecule has 0 aliphatic rings. The van der Waals surface area contributed by atoms with E-state index in [-0.39, 0.29) is 11.8 Å². The van der Waals surface area contributed by atoms with Crippen LogP contribution in [0.25, 0.3) is 0 Å². The SMILES string of the molecule is Cc1nnc(C(=O)NCC#CCC(C)C)o1. The smallest absolute Gasteiger partial charge is 0.309 e.